The van der Waals surface area contributed by atoms with Gasteiger partial charge in [-0.3, -0.25) is 0 Å². The fraction of sp³-hybridized carbons (Fsp3) is 0.500. The molecule has 130 valence electrons. The monoisotopic (exact) mass is 330 g/mol. The summed E-state index contributed by atoms with van der Waals surface area (Å²) in [5.74, 6) is -0.721. The van der Waals surface area contributed by atoms with Crippen molar-refractivity contribution in [2.75, 3.05) is 6.61 Å². The molecule has 0 aromatic carbocycles. The number of ether oxygens (including phenoxy) is 1. The third-order valence-corrected chi connectivity index (χ3v) is 5.44. The molecule has 0 saturated heterocycles. The lowest BCUT2D eigenvalue weighted by molar-refractivity contribution is -0.136. The molecule has 1 N–H and O–H groups in total. The van der Waals surface area contributed by atoms with E-state index in [4.69, 9.17) is 4.74 Å². The van der Waals surface area contributed by atoms with Crippen LogP contribution in [0.15, 0.2) is 47.6 Å². The maximum atomic E-state index is 11.6. The summed E-state index contributed by atoms with van der Waals surface area (Å²) in [6.07, 6.45) is 11.4. The number of carboxylic acids is 1. The quantitative estimate of drug-likeness (QED) is 0.785. The second-order valence-electron chi connectivity index (χ2n) is 7.04. The van der Waals surface area contributed by atoms with Crippen LogP contribution in [0.3, 0.4) is 0 Å². The van der Waals surface area contributed by atoms with Gasteiger partial charge in [-0.15, -0.1) is 0 Å². The van der Waals surface area contributed by atoms with Crippen molar-refractivity contribution in [3.8, 4) is 0 Å². The summed E-state index contributed by atoms with van der Waals surface area (Å²) in [4.78, 5) is 22.9. The minimum absolute atomic E-state index is 0.0507. The van der Waals surface area contributed by atoms with E-state index < -0.39 is 5.97 Å². The molecular weight excluding hydrogens is 304 g/mol. The van der Waals surface area contributed by atoms with Crippen molar-refractivity contribution >= 4 is 11.9 Å². The Morgan fingerprint density at radius 3 is 2.88 bits per heavy atom. The Labute approximate surface area is 143 Å². The number of carbonyl (C=O) groups is 2. The van der Waals surface area contributed by atoms with Gasteiger partial charge < -0.3 is 9.84 Å². The van der Waals surface area contributed by atoms with Crippen LogP contribution >= 0.6 is 0 Å². The lowest BCUT2D eigenvalue weighted by Crippen LogP contribution is -2.26. The van der Waals surface area contributed by atoms with Gasteiger partial charge in [0.2, 0.25) is 0 Å². The number of carboxylic acid groups (broad SMARTS) is 1. The number of esters is 1. The summed E-state index contributed by atoms with van der Waals surface area (Å²) in [7, 11) is 0. The number of hydrogen-bond acceptors (Lipinski definition) is 3. The molecule has 2 aliphatic rings. The first-order chi connectivity index (χ1) is 11.3. The van der Waals surface area contributed by atoms with Gasteiger partial charge in [0.05, 0.1) is 5.57 Å². The normalized spacial score (nSPS) is 31.7. The molecule has 1 aliphatic carbocycles. The highest BCUT2D eigenvalue weighted by Gasteiger charge is 2.31. The number of aliphatic carboxylic acids is 1. The highest BCUT2D eigenvalue weighted by atomic mass is 16.5. The minimum Gasteiger partial charge on any atom is -0.478 e. The van der Waals surface area contributed by atoms with Gasteiger partial charge in [-0.05, 0) is 61.2 Å². The van der Waals surface area contributed by atoms with E-state index in [2.05, 4.69) is 20.4 Å². The maximum absolute atomic E-state index is 11.6. The molecule has 0 fully saturated rings. The summed E-state index contributed by atoms with van der Waals surface area (Å²) < 4.78 is 4.97. The van der Waals surface area contributed by atoms with Gasteiger partial charge in [-0.25, -0.2) is 9.59 Å². The van der Waals surface area contributed by atoms with Gasteiger partial charge in [0.1, 0.15) is 6.61 Å². The molecule has 4 heteroatoms. The topological polar surface area (TPSA) is 63.6 Å². The predicted octanol–water partition coefficient (Wildman–Crippen LogP) is 4.20. The summed E-state index contributed by atoms with van der Waals surface area (Å²) in [6.45, 7) is 8.78. The van der Waals surface area contributed by atoms with Crippen LogP contribution in [0.1, 0.15) is 46.0 Å². The van der Waals surface area contributed by atoms with E-state index in [1.807, 2.05) is 18.2 Å². The van der Waals surface area contributed by atoms with Gasteiger partial charge in [-0.2, -0.15) is 0 Å². The van der Waals surface area contributed by atoms with Crippen LogP contribution in [0, 0.1) is 11.3 Å². The van der Waals surface area contributed by atoms with Gasteiger partial charge in [0.15, 0.2) is 0 Å². The second-order valence-corrected chi connectivity index (χ2v) is 7.04. The van der Waals surface area contributed by atoms with Crippen LogP contribution in [0.5, 0.6) is 0 Å². The molecule has 0 amide bonds. The molecule has 0 bridgehead atoms. The third kappa shape index (κ3) is 4.25. The van der Waals surface area contributed by atoms with Crippen molar-refractivity contribution in [2.45, 2.75) is 46.0 Å². The molecule has 2 rings (SSSR count). The van der Waals surface area contributed by atoms with E-state index in [9.17, 15) is 14.7 Å². The average Bonchev–Trinajstić information content (AvgIpc) is 2.94. The number of hydrogen-bond donors (Lipinski definition) is 1. The van der Waals surface area contributed by atoms with Gasteiger partial charge in [0.25, 0.3) is 0 Å². The van der Waals surface area contributed by atoms with E-state index in [0.717, 1.165) is 31.3 Å². The van der Waals surface area contributed by atoms with Crippen LogP contribution in [0.25, 0.3) is 0 Å². The molecule has 0 aromatic rings. The van der Waals surface area contributed by atoms with Crippen molar-refractivity contribution in [1.82, 2.24) is 0 Å². The minimum atomic E-state index is -0.924. The number of rotatable bonds is 4. The smallest absolute Gasteiger partial charge is 0.335 e. The molecule has 0 aromatic heterocycles. The summed E-state index contributed by atoms with van der Waals surface area (Å²) >= 11 is 0. The molecule has 1 heterocycles. The standard InChI is InChI=1S/C20H26O4/c1-14-7-8-15(2)20(3,11-5-4-6-17(14)18(21)22)12-9-16-10-13-24-19(16)23/h4-6,10,15H,1,7-9,11-13H2,2-3H3,(H,21,22)/b5-4-,17-6+. The van der Waals surface area contributed by atoms with Crippen LogP contribution in [0.4, 0.5) is 0 Å². The summed E-state index contributed by atoms with van der Waals surface area (Å²) in [6, 6.07) is 0. The van der Waals surface area contributed by atoms with Crippen molar-refractivity contribution < 1.29 is 19.4 Å². The van der Waals surface area contributed by atoms with E-state index in [-0.39, 0.29) is 11.4 Å². The molecule has 1 aliphatic heterocycles. The highest BCUT2D eigenvalue weighted by Crippen LogP contribution is 2.41. The van der Waals surface area contributed by atoms with Gasteiger partial charge in [-0.1, -0.05) is 32.6 Å². The van der Waals surface area contributed by atoms with Gasteiger partial charge in [0, 0.05) is 5.57 Å². The Morgan fingerprint density at radius 1 is 1.50 bits per heavy atom. The van der Waals surface area contributed by atoms with Gasteiger partial charge >= 0.3 is 11.9 Å². The fourth-order valence-corrected chi connectivity index (χ4v) is 3.28. The van der Waals surface area contributed by atoms with E-state index in [0.29, 0.717) is 30.1 Å². The van der Waals surface area contributed by atoms with Crippen molar-refractivity contribution in [3.05, 3.63) is 47.6 Å². The van der Waals surface area contributed by atoms with Crippen LogP contribution < -0.4 is 0 Å². The Balaban J connectivity index is 2.13. The molecule has 0 radical (unpaired) electrons. The first kappa shape index (κ1) is 18.2. The van der Waals surface area contributed by atoms with Crippen LogP contribution in [-0.4, -0.2) is 23.7 Å². The zero-order chi connectivity index (χ0) is 17.7. The molecule has 2 unspecified atom stereocenters. The number of carbonyl (C=O) groups excluding carboxylic acids is 1. The highest BCUT2D eigenvalue weighted by molar-refractivity contribution is 5.92. The average molecular weight is 330 g/mol. The third-order valence-electron chi connectivity index (χ3n) is 5.44. The number of allylic oxidation sites excluding steroid dienone is 3. The Kier molecular flexibility index (Phi) is 5.81. The van der Waals surface area contributed by atoms with Crippen molar-refractivity contribution in [3.63, 3.8) is 0 Å². The number of cyclic esters (lactones) is 1. The summed E-state index contributed by atoms with van der Waals surface area (Å²) in [5, 5.41) is 9.27. The van der Waals surface area contributed by atoms with E-state index in [1.165, 1.54) is 0 Å². The fourth-order valence-electron chi connectivity index (χ4n) is 3.28. The predicted molar refractivity (Wildman–Crippen MR) is 93.4 cm³/mol. The molecular formula is C20H26O4. The summed E-state index contributed by atoms with van der Waals surface area (Å²) in [5.41, 5.74) is 1.79. The first-order valence-corrected chi connectivity index (χ1v) is 8.48. The van der Waals surface area contributed by atoms with E-state index >= 15 is 0 Å². The van der Waals surface area contributed by atoms with Crippen molar-refractivity contribution in [2.24, 2.45) is 11.3 Å². The van der Waals surface area contributed by atoms with Crippen molar-refractivity contribution in [1.29, 1.82) is 0 Å². The molecule has 24 heavy (non-hydrogen) atoms. The van der Waals surface area contributed by atoms with Crippen LogP contribution in [0.2, 0.25) is 0 Å². The maximum Gasteiger partial charge on any atom is 0.335 e. The lowest BCUT2D eigenvalue weighted by atomic mass is 9.69. The Hall–Kier alpha value is -2.10. The van der Waals surface area contributed by atoms with E-state index in [1.54, 1.807) is 6.08 Å². The molecule has 4 nitrogen and oxygen atoms in total. The Morgan fingerprint density at radius 2 is 2.25 bits per heavy atom. The largest absolute Gasteiger partial charge is 0.478 e. The zero-order valence-electron chi connectivity index (χ0n) is 14.5. The molecule has 0 saturated carbocycles. The Bertz CT molecular complexity index is 624. The first-order valence-electron chi connectivity index (χ1n) is 8.48. The lowest BCUT2D eigenvalue weighted by Gasteiger charge is -2.36. The second kappa shape index (κ2) is 7.65. The molecule has 0 spiro atoms. The zero-order valence-corrected chi connectivity index (χ0v) is 14.5. The molecule has 2 atom stereocenters. The SMILES string of the molecule is C=C1CCC(C)C(C)(CCC2=CCOC2=O)C/C=C\C=C/1C(=O)O. The van der Waals surface area contributed by atoms with Crippen LogP contribution in [-0.2, 0) is 14.3 Å².